The Morgan fingerprint density at radius 3 is 3.17 bits per heavy atom. The number of carbonyl (C=O) groups excluding carboxylic acids is 1. The van der Waals surface area contributed by atoms with Gasteiger partial charge in [0.1, 0.15) is 0 Å². The lowest BCUT2D eigenvalue weighted by Gasteiger charge is -2.11. The zero-order valence-electron chi connectivity index (χ0n) is 10.5. The van der Waals surface area contributed by atoms with Crippen molar-refractivity contribution in [1.29, 1.82) is 0 Å². The molecule has 1 fully saturated rings. The molecule has 2 N–H and O–H groups in total. The molecule has 4 nitrogen and oxygen atoms in total. The Balaban J connectivity index is 1.86. The minimum Gasteiger partial charge on any atom is -0.323 e. The monoisotopic (exact) mass is 267 g/mol. The molecule has 0 bridgehead atoms. The number of pyridine rings is 1. The minimum atomic E-state index is 0.0138. The third-order valence-corrected chi connectivity index (χ3v) is 3.61. The van der Waals surface area contributed by atoms with Crippen LogP contribution in [0.4, 0.5) is 5.69 Å². The summed E-state index contributed by atoms with van der Waals surface area (Å²) in [6.45, 7) is 4.00. The number of anilines is 1. The molecule has 0 spiro atoms. The molecule has 5 heteroatoms. The molecule has 0 aliphatic carbocycles. The van der Waals surface area contributed by atoms with E-state index in [2.05, 4.69) is 15.6 Å². The molecule has 1 aliphatic rings. The first-order chi connectivity index (χ1) is 8.66. The maximum absolute atomic E-state index is 11.9. The highest BCUT2D eigenvalue weighted by Gasteiger charge is 2.16. The fourth-order valence-corrected chi connectivity index (χ4v) is 2.43. The number of aryl methyl sites for hydroxylation is 1. The van der Waals surface area contributed by atoms with E-state index in [1.807, 2.05) is 13.0 Å². The van der Waals surface area contributed by atoms with Gasteiger partial charge in [0.2, 0.25) is 5.91 Å². The number of hydrogen-bond acceptors (Lipinski definition) is 3. The topological polar surface area (TPSA) is 54.0 Å². The molecule has 18 heavy (non-hydrogen) atoms. The number of amides is 1. The Bertz CT molecular complexity index is 410. The Morgan fingerprint density at radius 1 is 1.67 bits per heavy atom. The first kappa shape index (κ1) is 13.3. The van der Waals surface area contributed by atoms with Gasteiger partial charge in [-0.2, -0.15) is 0 Å². The second kappa shape index (κ2) is 6.16. The van der Waals surface area contributed by atoms with E-state index in [1.165, 1.54) is 6.42 Å². The molecule has 1 aliphatic heterocycles. The average Bonchev–Trinajstić information content (AvgIpc) is 2.84. The predicted octanol–water partition coefficient (Wildman–Crippen LogP) is 2.37. The Labute approximate surface area is 112 Å². The van der Waals surface area contributed by atoms with E-state index in [9.17, 15) is 4.79 Å². The van der Waals surface area contributed by atoms with Gasteiger partial charge in [-0.05, 0) is 50.4 Å². The van der Waals surface area contributed by atoms with Crippen molar-refractivity contribution in [3.8, 4) is 0 Å². The van der Waals surface area contributed by atoms with Crippen molar-refractivity contribution in [1.82, 2.24) is 10.3 Å². The molecule has 1 saturated heterocycles. The lowest BCUT2D eigenvalue weighted by molar-refractivity contribution is -0.116. The van der Waals surface area contributed by atoms with Crippen molar-refractivity contribution in [2.75, 3.05) is 18.4 Å². The van der Waals surface area contributed by atoms with Gasteiger partial charge in [0.25, 0.3) is 0 Å². The van der Waals surface area contributed by atoms with Gasteiger partial charge in [0.15, 0.2) is 5.15 Å². The minimum absolute atomic E-state index is 0.0138. The molecule has 1 aromatic rings. The van der Waals surface area contributed by atoms with Crippen LogP contribution in [0.15, 0.2) is 12.3 Å². The summed E-state index contributed by atoms with van der Waals surface area (Å²) in [4.78, 5) is 15.8. The standard InChI is InChI=1S/C13H18ClN3O/c1-9-4-7-16-13(14)12(9)17-11(18)3-2-10-5-6-15-8-10/h4,7,10,15H,2-3,5-6,8H2,1H3,(H,17,18). The molecule has 98 valence electrons. The number of nitrogens with one attached hydrogen (secondary N) is 2. The fraction of sp³-hybridized carbons (Fsp3) is 0.538. The normalized spacial score (nSPS) is 18.9. The summed E-state index contributed by atoms with van der Waals surface area (Å²) in [5, 5.41) is 6.50. The number of carbonyl (C=O) groups is 1. The lowest BCUT2D eigenvalue weighted by atomic mass is 10.0. The molecule has 1 unspecified atom stereocenters. The van der Waals surface area contributed by atoms with Crippen molar-refractivity contribution < 1.29 is 4.79 Å². The van der Waals surface area contributed by atoms with Gasteiger partial charge < -0.3 is 10.6 Å². The summed E-state index contributed by atoms with van der Waals surface area (Å²) < 4.78 is 0. The van der Waals surface area contributed by atoms with Crippen molar-refractivity contribution >= 4 is 23.2 Å². The van der Waals surface area contributed by atoms with Crippen LogP contribution >= 0.6 is 11.6 Å². The lowest BCUT2D eigenvalue weighted by Crippen LogP contribution is -2.16. The SMILES string of the molecule is Cc1ccnc(Cl)c1NC(=O)CCC1CCNC1. The molecule has 0 radical (unpaired) electrons. The highest BCUT2D eigenvalue weighted by molar-refractivity contribution is 6.32. The van der Waals surface area contributed by atoms with Crippen molar-refractivity contribution in [2.45, 2.75) is 26.2 Å². The molecule has 0 aromatic carbocycles. The van der Waals surface area contributed by atoms with Crippen molar-refractivity contribution in [2.24, 2.45) is 5.92 Å². The van der Waals surface area contributed by atoms with E-state index in [4.69, 9.17) is 11.6 Å². The summed E-state index contributed by atoms with van der Waals surface area (Å²) in [7, 11) is 0. The van der Waals surface area contributed by atoms with E-state index >= 15 is 0 Å². The molecule has 1 aromatic heterocycles. The molecule has 1 amide bonds. The Kier molecular flexibility index (Phi) is 4.55. The Morgan fingerprint density at radius 2 is 2.50 bits per heavy atom. The molecular weight excluding hydrogens is 250 g/mol. The Hall–Kier alpha value is -1.13. The number of hydrogen-bond donors (Lipinski definition) is 2. The van der Waals surface area contributed by atoms with E-state index in [-0.39, 0.29) is 5.91 Å². The van der Waals surface area contributed by atoms with E-state index in [1.54, 1.807) is 6.20 Å². The molecule has 0 saturated carbocycles. The van der Waals surface area contributed by atoms with Gasteiger partial charge in [-0.25, -0.2) is 4.98 Å². The maximum atomic E-state index is 11.9. The fourth-order valence-electron chi connectivity index (χ4n) is 2.17. The quantitative estimate of drug-likeness (QED) is 0.824. The number of aromatic nitrogens is 1. The maximum Gasteiger partial charge on any atom is 0.224 e. The van der Waals surface area contributed by atoms with E-state index in [0.717, 1.165) is 25.1 Å². The van der Waals surface area contributed by atoms with Gasteiger partial charge in [0, 0.05) is 12.6 Å². The summed E-state index contributed by atoms with van der Waals surface area (Å²) in [6.07, 6.45) is 4.27. The van der Waals surface area contributed by atoms with Gasteiger partial charge in [-0.1, -0.05) is 11.6 Å². The molecule has 2 heterocycles. The summed E-state index contributed by atoms with van der Waals surface area (Å²) in [5.74, 6) is 0.640. The van der Waals surface area contributed by atoms with E-state index in [0.29, 0.717) is 23.2 Å². The van der Waals surface area contributed by atoms with Crippen LogP contribution in [0.25, 0.3) is 0 Å². The van der Waals surface area contributed by atoms with Crippen LogP contribution in [0.5, 0.6) is 0 Å². The van der Waals surface area contributed by atoms with Crippen LogP contribution in [-0.4, -0.2) is 24.0 Å². The van der Waals surface area contributed by atoms with Crippen molar-refractivity contribution in [3.63, 3.8) is 0 Å². The third kappa shape index (κ3) is 3.43. The molecule has 1 atom stereocenters. The van der Waals surface area contributed by atoms with Crippen LogP contribution < -0.4 is 10.6 Å². The van der Waals surface area contributed by atoms with Crippen LogP contribution in [0.2, 0.25) is 5.15 Å². The summed E-state index contributed by atoms with van der Waals surface area (Å²) in [6, 6.07) is 1.84. The predicted molar refractivity (Wildman–Crippen MR) is 72.8 cm³/mol. The zero-order chi connectivity index (χ0) is 13.0. The molecule has 2 rings (SSSR count). The average molecular weight is 268 g/mol. The smallest absolute Gasteiger partial charge is 0.224 e. The third-order valence-electron chi connectivity index (χ3n) is 3.32. The van der Waals surface area contributed by atoms with Crippen LogP contribution in [0.1, 0.15) is 24.8 Å². The first-order valence-electron chi connectivity index (χ1n) is 6.28. The highest BCUT2D eigenvalue weighted by atomic mass is 35.5. The second-order valence-electron chi connectivity index (χ2n) is 4.74. The van der Waals surface area contributed by atoms with Crippen LogP contribution in [0.3, 0.4) is 0 Å². The first-order valence-corrected chi connectivity index (χ1v) is 6.66. The number of rotatable bonds is 4. The van der Waals surface area contributed by atoms with Crippen molar-refractivity contribution in [3.05, 3.63) is 23.0 Å². The van der Waals surface area contributed by atoms with Gasteiger partial charge >= 0.3 is 0 Å². The van der Waals surface area contributed by atoms with Gasteiger partial charge in [-0.3, -0.25) is 4.79 Å². The van der Waals surface area contributed by atoms with Gasteiger partial charge in [0.05, 0.1) is 5.69 Å². The second-order valence-corrected chi connectivity index (χ2v) is 5.10. The summed E-state index contributed by atoms with van der Waals surface area (Å²) in [5.41, 5.74) is 1.57. The molecular formula is C13H18ClN3O. The highest BCUT2D eigenvalue weighted by Crippen LogP contribution is 2.23. The largest absolute Gasteiger partial charge is 0.323 e. The van der Waals surface area contributed by atoms with E-state index < -0.39 is 0 Å². The number of halogens is 1. The van der Waals surface area contributed by atoms with Crippen LogP contribution in [-0.2, 0) is 4.79 Å². The summed E-state index contributed by atoms with van der Waals surface area (Å²) >= 11 is 5.97. The van der Waals surface area contributed by atoms with Gasteiger partial charge in [-0.15, -0.1) is 0 Å². The number of nitrogens with zero attached hydrogens (tertiary/aromatic N) is 1. The zero-order valence-corrected chi connectivity index (χ0v) is 11.3. The van der Waals surface area contributed by atoms with Crippen LogP contribution in [0, 0.1) is 12.8 Å².